The minimum atomic E-state index is -0.434. The topological polar surface area (TPSA) is 55.1 Å². The summed E-state index contributed by atoms with van der Waals surface area (Å²) in [6, 6.07) is 4.94. The van der Waals surface area contributed by atoms with E-state index in [1.54, 1.807) is 18.2 Å². The molecule has 70 valence electrons. The molecule has 1 amide bonds. The molecule has 0 radical (unpaired) electrons. The number of benzene rings is 1. The molecule has 0 unspecified atom stereocenters. The average molecular weight is 219 g/mol. The van der Waals surface area contributed by atoms with Crippen LogP contribution in [0.4, 0.5) is 5.69 Å². The predicted octanol–water partition coefficient (Wildman–Crippen LogP) is 1.89. The third kappa shape index (κ3) is 3.53. The molecular weight excluding hydrogens is 211 g/mol. The number of carbonyl (C=O) groups is 1. The third-order valence-corrected chi connectivity index (χ3v) is 1.77. The van der Waals surface area contributed by atoms with Crippen molar-refractivity contribution >= 4 is 34.8 Å². The number of amides is 1. The molecule has 1 aromatic carbocycles. The minimum absolute atomic E-state index is 0.0661. The molecule has 0 bridgehead atoms. The van der Waals surface area contributed by atoms with E-state index in [0.29, 0.717) is 15.7 Å². The lowest BCUT2D eigenvalue weighted by Crippen LogP contribution is -2.21. The number of nitrogens with two attached hydrogens (primary N) is 1. The number of carbonyl (C=O) groups excluding carboxylic acids is 1. The molecule has 0 saturated carbocycles. The number of anilines is 1. The maximum atomic E-state index is 10.4. The molecule has 0 saturated heterocycles. The highest BCUT2D eigenvalue weighted by Gasteiger charge is 1.98. The summed E-state index contributed by atoms with van der Waals surface area (Å²) in [5.41, 5.74) is 5.63. The van der Waals surface area contributed by atoms with Gasteiger partial charge in [0.1, 0.15) is 0 Å². The number of hydrogen-bond donors (Lipinski definition) is 2. The maximum Gasteiger partial charge on any atom is 0.236 e. The number of hydrogen-bond acceptors (Lipinski definition) is 2. The van der Waals surface area contributed by atoms with E-state index in [-0.39, 0.29) is 6.54 Å². The van der Waals surface area contributed by atoms with E-state index in [0.717, 1.165) is 0 Å². The molecule has 5 heteroatoms. The van der Waals surface area contributed by atoms with Crippen LogP contribution in [0.2, 0.25) is 10.0 Å². The Morgan fingerprint density at radius 1 is 1.31 bits per heavy atom. The highest BCUT2D eigenvalue weighted by atomic mass is 35.5. The minimum Gasteiger partial charge on any atom is -0.376 e. The van der Waals surface area contributed by atoms with Crippen LogP contribution in [0, 0.1) is 0 Å². The first-order valence-corrected chi connectivity index (χ1v) is 4.32. The summed E-state index contributed by atoms with van der Waals surface area (Å²) in [7, 11) is 0. The van der Waals surface area contributed by atoms with Gasteiger partial charge in [-0.3, -0.25) is 4.79 Å². The third-order valence-electron chi connectivity index (χ3n) is 1.33. The normalized spacial score (nSPS) is 9.69. The molecule has 0 spiro atoms. The molecular formula is C8H8Cl2N2O. The number of halogens is 2. The number of rotatable bonds is 3. The quantitative estimate of drug-likeness (QED) is 0.815. The van der Waals surface area contributed by atoms with Crippen molar-refractivity contribution in [2.24, 2.45) is 5.73 Å². The van der Waals surface area contributed by atoms with Gasteiger partial charge in [0.25, 0.3) is 0 Å². The Bertz CT molecular complexity index is 308. The lowest BCUT2D eigenvalue weighted by Gasteiger charge is -2.04. The molecule has 0 atom stereocenters. The van der Waals surface area contributed by atoms with E-state index in [1.165, 1.54) is 0 Å². The first kappa shape index (κ1) is 10.2. The second-order valence-electron chi connectivity index (χ2n) is 2.48. The van der Waals surface area contributed by atoms with Crippen molar-refractivity contribution in [3.63, 3.8) is 0 Å². The summed E-state index contributed by atoms with van der Waals surface area (Å²) in [6.45, 7) is 0.0661. The van der Waals surface area contributed by atoms with Crippen LogP contribution in [0.15, 0.2) is 18.2 Å². The van der Waals surface area contributed by atoms with Crippen molar-refractivity contribution in [3.05, 3.63) is 28.2 Å². The fourth-order valence-electron chi connectivity index (χ4n) is 0.845. The first-order valence-electron chi connectivity index (χ1n) is 3.56. The van der Waals surface area contributed by atoms with Crippen molar-refractivity contribution in [2.45, 2.75) is 0 Å². The Kier molecular flexibility index (Phi) is 3.39. The summed E-state index contributed by atoms with van der Waals surface area (Å²) in [4.78, 5) is 10.4. The average Bonchev–Trinajstić information content (AvgIpc) is 1.99. The molecule has 0 fully saturated rings. The van der Waals surface area contributed by atoms with Crippen molar-refractivity contribution < 1.29 is 4.79 Å². The zero-order valence-electron chi connectivity index (χ0n) is 6.68. The van der Waals surface area contributed by atoms with Crippen molar-refractivity contribution in [1.82, 2.24) is 0 Å². The monoisotopic (exact) mass is 218 g/mol. The fraction of sp³-hybridized carbons (Fsp3) is 0.125. The summed E-state index contributed by atoms with van der Waals surface area (Å²) in [5, 5.41) is 3.81. The second-order valence-corrected chi connectivity index (χ2v) is 3.35. The lowest BCUT2D eigenvalue weighted by atomic mass is 10.3. The smallest absolute Gasteiger partial charge is 0.236 e. The van der Waals surface area contributed by atoms with Gasteiger partial charge >= 0.3 is 0 Å². The highest BCUT2D eigenvalue weighted by Crippen LogP contribution is 2.21. The first-order chi connectivity index (χ1) is 6.08. The zero-order chi connectivity index (χ0) is 9.84. The van der Waals surface area contributed by atoms with Gasteiger partial charge in [0, 0.05) is 15.7 Å². The van der Waals surface area contributed by atoms with Crippen LogP contribution in [0.1, 0.15) is 0 Å². The molecule has 13 heavy (non-hydrogen) atoms. The molecule has 1 rings (SSSR count). The predicted molar refractivity (Wildman–Crippen MR) is 54.1 cm³/mol. The van der Waals surface area contributed by atoms with E-state index >= 15 is 0 Å². The molecule has 0 aromatic heterocycles. The van der Waals surface area contributed by atoms with Gasteiger partial charge in [-0.25, -0.2) is 0 Å². The van der Waals surface area contributed by atoms with Crippen LogP contribution >= 0.6 is 23.2 Å². The number of nitrogens with one attached hydrogen (secondary N) is 1. The molecule has 0 heterocycles. The van der Waals surface area contributed by atoms with Crippen LogP contribution in [0.25, 0.3) is 0 Å². The van der Waals surface area contributed by atoms with E-state index in [9.17, 15) is 4.79 Å². The van der Waals surface area contributed by atoms with E-state index < -0.39 is 5.91 Å². The van der Waals surface area contributed by atoms with Crippen molar-refractivity contribution in [3.8, 4) is 0 Å². The van der Waals surface area contributed by atoms with Gasteiger partial charge in [0.05, 0.1) is 6.54 Å². The van der Waals surface area contributed by atoms with Gasteiger partial charge in [0.2, 0.25) is 5.91 Å². The van der Waals surface area contributed by atoms with E-state index in [4.69, 9.17) is 28.9 Å². The Hall–Kier alpha value is -0.930. The molecule has 1 aromatic rings. The van der Waals surface area contributed by atoms with Gasteiger partial charge in [-0.2, -0.15) is 0 Å². The van der Waals surface area contributed by atoms with Crippen LogP contribution in [0.5, 0.6) is 0 Å². The molecule has 0 aliphatic carbocycles. The van der Waals surface area contributed by atoms with Crippen LogP contribution in [0.3, 0.4) is 0 Å². The van der Waals surface area contributed by atoms with Gasteiger partial charge in [-0.1, -0.05) is 23.2 Å². The summed E-state index contributed by atoms with van der Waals surface area (Å²) in [5.74, 6) is -0.434. The van der Waals surface area contributed by atoms with Crippen LogP contribution in [-0.2, 0) is 4.79 Å². The van der Waals surface area contributed by atoms with Crippen LogP contribution < -0.4 is 11.1 Å². The lowest BCUT2D eigenvalue weighted by molar-refractivity contribution is -0.116. The fourth-order valence-corrected chi connectivity index (χ4v) is 1.37. The van der Waals surface area contributed by atoms with Gasteiger partial charge in [0.15, 0.2) is 0 Å². The molecule has 0 aliphatic rings. The van der Waals surface area contributed by atoms with E-state index in [2.05, 4.69) is 5.32 Å². The zero-order valence-corrected chi connectivity index (χ0v) is 8.19. The molecule has 3 N–H and O–H groups in total. The Morgan fingerprint density at radius 2 is 1.85 bits per heavy atom. The molecule has 3 nitrogen and oxygen atoms in total. The Balaban J connectivity index is 2.71. The second kappa shape index (κ2) is 4.35. The summed E-state index contributed by atoms with van der Waals surface area (Å²) in [6.07, 6.45) is 0. The SMILES string of the molecule is NC(=O)CNc1cc(Cl)cc(Cl)c1. The van der Waals surface area contributed by atoms with Crippen molar-refractivity contribution in [1.29, 1.82) is 0 Å². The maximum absolute atomic E-state index is 10.4. The number of primary amides is 1. The van der Waals surface area contributed by atoms with E-state index in [1.807, 2.05) is 0 Å². The van der Waals surface area contributed by atoms with Crippen LogP contribution in [-0.4, -0.2) is 12.5 Å². The Labute approximate surface area is 85.8 Å². The van der Waals surface area contributed by atoms with Gasteiger partial charge in [-0.05, 0) is 18.2 Å². The molecule has 0 aliphatic heterocycles. The Morgan fingerprint density at radius 3 is 2.31 bits per heavy atom. The van der Waals surface area contributed by atoms with Gasteiger partial charge in [-0.15, -0.1) is 0 Å². The standard InChI is InChI=1S/C8H8Cl2N2O/c9-5-1-6(10)3-7(2-5)12-4-8(11)13/h1-3,12H,4H2,(H2,11,13). The highest BCUT2D eigenvalue weighted by molar-refractivity contribution is 6.35. The summed E-state index contributed by atoms with van der Waals surface area (Å²) < 4.78 is 0. The van der Waals surface area contributed by atoms with Crippen molar-refractivity contribution in [2.75, 3.05) is 11.9 Å². The summed E-state index contributed by atoms with van der Waals surface area (Å²) >= 11 is 11.4. The largest absolute Gasteiger partial charge is 0.376 e. The van der Waals surface area contributed by atoms with Gasteiger partial charge < -0.3 is 11.1 Å².